The summed E-state index contributed by atoms with van der Waals surface area (Å²) in [7, 11) is 0. The van der Waals surface area contributed by atoms with Crippen LogP contribution >= 0.6 is 24.8 Å². The number of hydrogen-bond donors (Lipinski definition) is 0. The Morgan fingerprint density at radius 3 is 1.45 bits per heavy atom. The van der Waals surface area contributed by atoms with Gasteiger partial charge in [-0.05, 0) is 0 Å². The molecule has 0 atom stereocenters. The average molecular weight is 673 g/mol. The van der Waals surface area contributed by atoms with E-state index in [1.54, 1.807) is 17.6 Å². The Morgan fingerprint density at radius 2 is 1.07 bits per heavy atom. The van der Waals surface area contributed by atoms with E-state index in [1.807, 2.05) is 0 Å². The van der Waals surface area contributed by atoms with Gasteiger partial charge < -0.3 is 0 Å². The van der Waals surface area contributed by atoms with Gasteiger partial charge in [0.15, 0.2) is 0 Å². The van der Waals surface area contributed by atoms with Crippen molar-refractivity contribution in [2.45, 2.75) is 62.4 Å². The van der Waals surface area contributed by atoms with Crippen molar-refractivity contribution in [1.29, 1.82) is 0 Å². The molecule has 0 fully saturated rings. The van der Waals surface area contributed by atoms with E-state index in [-0.39, 0.29) is 35.6 Å². The van der Waals surface area contributed by atoms with Crippen LogP contribution in [-0.4, -0.2) is 3.21 Å². The van der Waals surface area contributed by atoms with Crippen LogP contribution in [0.25, 0.3) is 11.1 Å². The van der Waals surface area contributed by atoms with Crippen molar-refractivity contribution < 1.29 is 21.3 Å². The summed E-state index contributed by atoms with van der Waals surface area (Å²) in [6, 6.07) is 37.3. The maximum absolute atomic E-state index is 2.66. The Hall–Kier alpha value is -2.31. The second-order valence-electron chi connectivity index (χ2n) is 13.4. The topological polar surface area (TPSA) is 0 Å². The van der Waals surface area contributed by atoms with Crippen molar-refractivity contribution in [3.05, 3.63) is 152 Å². The third-order valence-corrected chi connectivity index (χ3v) is 16.9. The molecule has 2 aliphatic carbocycles. The minimum absolute atomic E-state index is 0. The summed E-state index contributed by atoms with van der Waals surface area (Å²) in [6.45, 7) is 14.1. The molecule has 0 radical (unpaired) electrons. The Balaban J connectivity index is 0.00000202. The molecule has 3 heteroatoms. The molecule has 6 rings (SSSR count). The Kier molecular flexibility index (Phi) is 9.89. The van der Waals surface area contributed by atoms with E-state index in [0.717, 1.165) is 6.42 Å². The van der Waals surface area contributed by atoms with Gasteiger partial charge in [-0.2, -0.15) is 0 Å². The van der Waals surface area contributed by atoms with Gasteiger partial charge in [-0.25, -0.2) is 0 Å². The minimum atomic E-state index is -2.66. The molecule has 216 valence electrons. The van der Waals surface area contributed by atoms with Crippen LogP contribution in [0.4, 0.5) is 0 Å². The van der Waals surface area contributed by atoms with E-state index < -0.39 is 21.3 Å². The van der Waals surface area contributed by atoms with E-state index >= 15 is 0 Å². The third-order valence-electron chi connectivity index (χ3n) is 8.55. The second-order valence-corrected chi connectivity index (χ2v) is 19.6. The van der Waals surface area contributed by atoms with Crippen LogP contribution in [0.15, 0.2) is 119 Å². The molecular formula is C39H42Cl2Zr. The van der Waals surface area contributed by atoms with E-state index in [0.29, 0.717) is 3.63 Å². The summed E-state index contributed by atoms with van der Waals surface area (Å²) in [6.07, 6.45) is 8.23. The van der Waals surface area contributed by atoms with Crippen molar-refractivity contribution in [3.63, 3.8) is 0 Å². The summed E-state index contributed by atoms with van der Waals surface area (Å²) < 4.78 is 3.74. The van der Waals surface area contributed by atoms with Gasteiger partial charge in [0.05, 0.1) is 0 Å². The van der Waals surface area contributed by atoms with E-state index in [1.165, 1.54) is 33.4 Å². The molecule has 0 heterocycles. The zero-order valence-corrected chi connectivity index (χ0v) is 29.7. The van der Waals surface area contributed by atoms with Crippen molar-refractivity contribution in [2.75, 3.05) is 0 Å². The molecule has 0 unspecified atom stereocenters. The van der Waals surface area contributed by atoms with Crippen LogP contribution in [0.3, 0.4) is 0 Å². The molecule has 42 heavy (non-hydrogen) atoms. The van der Waals surface area contributed by atoms with Crippen molar-refractivity contribution in [2.24, 2.45) is 0 Å². The van der Waals surface area contributed by atoms with Gasteiger partial charge in [-0.15, -0.1) is 24.8 Å². The molecular weight excluding hydrogens is 631 g/mol. The largest absolute Gasteiger partial charge is 0.147 e. The molecule has 0 aromatic heterocycles. The smallest absolute Gasteiger partial charge is 0.147 e. The molecule has 0 N–H and O–H groups in total. The van der Waals surface area contributed by atoms with Gasteiger partial charge in [0.25, 0.3) is 0 Å². The number of halogens is 2. The van der Waals surface area contributed by atoms with Crippen molar-refractivity contribution in [1.82, 2.24) is 0 Å². The quantitative estimate of drug-likeness (QED) is 0.202. The van der Waals surface area contributed by atoms with Crippen molar-refractivity contribution in [3.8, 4) is 11.1 Å². The Labute approximate surface area is 273 Å². The summed E-state index contributed by atoms with van der Waals surface area (Å²) in [5.74, 6) is 0. The molecule has 0 amide bonds. The summed E-state index contributed by atoms with van der Waals surface area (Å²) in [5, 5.41) is 0. The molecule has 0 nitrogen and oxygen atoms in total. The fraction of sp³-hybridized carbons (Fsp3) is 0.256. The van der Waals surface area contributed by atoms with Crippen LogP contribution in [0.1, 0.15) is 85.0 Å². The minimum Gasteiger partial charge on any atom is -0.147 e. The van der Waals surface area contributed by atoms with E-state index in [4.69, 9.17) is 0 Å². The first-order valence-electron chi connectivity index (χ1n) is 14.6. The monoisotopic (exact) mass is 670 g/mol. The molecule has 0 bridgehead atoms. The molecule has 0 spiro atoms. The third kappa shape index (κ3) is 6.17. The predicted molar refractivity (Wildman–Crippen MR) is 184 cm³/mol. The Bertz CT molecular complexity index is 1560. The van der Waals surface area contributed by atoms with Gasteiger partial charge >= 0.3 is 250 Å². The molecule has 4 aromatic rings. The average Bonchev–Trinajstić information content (AvgIpc) is 3.58. The number of fused-ring (bicyclic) bond motifs is 3. The maximum atomic E-state index is 2.58. The molecule has 2 aliphatic rings. The number of allylic oxidation sites excluding steroid dienone is 4. The van der Waals surface area contributed by atoms with Gasteiger partial charge in [0.1, 0.15) is 0 Å². The van der Waals surface area contributed by atoms with Crippen LogP contribution in [0.2, 0.25) is 0 Å². The zero-order valence-electron chi connectivity index (χ0n) is 25.6. The van der Waals surface area contributed by atoms with Crippen LogP contribution in [-0.2, 0) is 32.1 Å². The fourth-order valence-electron chi connectivity index (χ4n) is 6.33. The summed E-state index contributed by atoms with van der Waals surface area (Å²) in [5.41, 5.74) is 11.9. The molecule has 0 saturated carbocycles. The summed E-state index contributed by atoms with van der Waals surface area (Å²) >= 11 is -2.66. The standard InChI is InChI=1S/C21H25.C13H10.C5H5.2ClH.Zr/c1-20(2,3)16-7-9-18-14(12-16)11-15-13-17(21(4,5)6)8-10-19(15)18;1-3-7-12(8-4-1)11-13-9-5-2-6-10-13;1-2-4-5-3-1;;;/h7-13H,1-6H3;1-10H;1-3H,4H2;2*1H;. The molecule has 0 aliphatic heterocycles. The van der Waals surface area contributed by atoms with Crippen LogP contribution < -0.4 is 0 Å². The first-order valence-corrected chi connectivity index (χ1v) is 18.5. The first kappa shape index (κ1) is 32.6. The van der Waals surface area contributed by atoms with Gasteiger partial charge in [0.2, 0.25) is 0 Å². The zero-order chi connectivity index (χ0) is 28.1. The molecule has 0 saturated heterocycles. The van der Waals surface area contributed by atoms with Gasteiger partial charge in [0, 0.05) is 0 Å². The number of rotatable bonds is 4. The number of hydrogen-bond acceptors (Lipinski definition) is 0. The molecule has 4 aromatic carbocycles. The van der Waals surface area contributed by atoms with Gasteiger partial charge in [-0.1, -0.05) is 0 Å². The second kappa shape index (κ2) is 12.7. The summed E-state index contributed by atoms with van der Waals surface area (Å²) in [4.78, 5) is 0. The van der Waals surface area contributed by atoms with E-state index in [9.17, 15) is 0 Å². The van der Waals surface area contributed by atoms with Crippen LogP contribution in [0.5, 0.6) is 0 Å². The van der Waals surface area contributed by atoms with Crippen molar-refractivity contribution >= 4 is 28.0 Å². The maximum Gasteiger partial charge on any atom is -0.147 e. The number of benzene rings is 4. The van der Waals surface area contributed by atoms with Gasteiger partial charge in [-0.3, -0.25) is 0 Å². The van der Waals surface area contributed by atoms with E-state index in [2.05, 4.69) is 157 Å². The SMILES string of the molecule is CC(C)(C)c1ccc2c(c1)[CH]([Zr]([C]1=CC=CC1)=[C](c1ccccc1)c1ccccc1)c1cc(C(C)(C)C)ccc1-2.Cl.Cl. The predicted octanol–water partition coefficient (Wildman–Crippen LogP) is 10.9. The first-order chi connectivity index (χ1) is 19.1. The van der Waals surface area contributed by atoms with Crippen LogP contribution in [0, 0.1) is 0 Å². The normalized spacial score (nSPS) is 13.9. The fourth-order valence-corrected chi connectivity index (χ4v) is 15.3. The Morgan fingerprint density at radius 1 is 0.619 bits per heavy atom.